The number of amides is 2. The van der Waals surface area contributed by atoms with E-state index in [0.29, 0.717) is 11.7 Å². The number of nitrogens with one attached hydrogen (secondary N) is 1. The van der Waals surface area contributed by atoms with Crippen LogP contribution in [0.1, 0.15) is 25.0 Å². The van der Waals surface area contributed by atoms with Gasteiger partial charge in [-0.15, -0.1) is 11.3 Å². The van der Waals surface area contributed by atoms with Gasteiger partial charge in [0, 0.05) is 24.2 Å². The van der Waals surface area contributed by atoms with Crippen LogP contribution in [0, 0.1) is 0 Å². The predicted molar refractivity (Wildman–Crippen MR) is 89.3 cm³/mol. The number of carbonyl (C=O) groups is 2. The van der Waals surface area contributed by atoms with Crippen molar-refractivity contribution in [1.82, 2.24) is 14.8 Å². The summed E-state index contributed by atoms with van der Waals surface area (Å²) in [5.74, 6) is 0.596. The zero-order valence-electron chi connectivity index (χ0n) is 12.4. The van der Waals surface area contributed by atoms with Crippen LogP contribution < -0.4 is 5.32 Å². The maximum atomic E-state index is 12.0. The Bertz CT molecular complexity index is 543. The first-order chi connectivity index (χ1) is 10.7. The third-order valence-corrected chi connectivity index (χ3v) is 5.51. The number of thiazole rings is 1. The summed E-state index contributed by atoms with van der Waals surface area (Å²) in [7, 11) is 0. The first-order valence-electron chi connectivity index (χ1n) is 7.59. The van der Waals surface area contributed by atoms with E-state index in [1.54, 1.807) is 4.90 Å². The Morgan fingerprint density at radius 2 is 2.09 bits per heavy atom. The van der Waals surface area contributed by atoms with Gasteiger partial charge in [0.2, 0.25) is 5.91 Å². The molecule has 3 heterocycles. The second kappa shape index (κ2) is 7.43. The van der Waals surface area contributed by atoms with Gasteiger partial charge in [-0.05, 0) is 25.9 Å². The van der Waals surface area contributed by atoms with Crippen LogP contribution in [-0.4, -0.2) is 57.9 Å². The van der Waals surface area contributed by atoms with Crippen molar-refractivity contribution in [1.29, 1.82) is 0 Å². The minimum atomic E-state index is -0.172. The second-order valence-electron chi connectivity index (χ2n) is 5.56. The molecule has 2 aliphatic rings. The minimum Gasteiger partial charge on any atom is -0.323 e. The van der Waals surface area contributed by atoms with Gasteiger partial charge in [-0.3, -0.25) is 14.5 Å². The maximum Gasteiger partial charge on any atom is 0.282 e. The minimum absolute atomic E-state index is 0.0138. The Morgan fingerprint density at radius 1 is 1.27 bits per heavy atom. The molecule has 0 spiro atoms. The molecule has 2 aliphatic heterocycles. The van der Waals surface area contributed by atoms with Gasteiger partial charge in [-0.25, -0.2) is 4.98 Å². The van der Waals surface area contributed by atoms with Crippen LogP contribution in [0.25, 0.3) is 0 Å². The number of anilines is 1. The van der Waals surface area contributed by atoms with Gasteiger partial charge in [0.15, 0.2) is 5.13 Å². The van der Waals surface area contributed by atoms with Gasteiger partial charge in [-0.2, -0.15) is 0 Å². The summed E-state index contributed by atoms with van der Waals surface area (Å²) in [6.07, 6.45) is 3.84. The Morgan fingerprint density at radius 3 is 2.82 bits per heavy atom. The van der Waals surface area contributed by atoms with E-state index >= 15 is 0 Å². The zero-order valence-corrected chi connectivity index (χ0v) is 14.0. The van der Waals surface area contributed by atoms with Crippen molar-refractivity contribution >= 4 is 39.4 Å². The van der Waals surface area contributed by atoms with Gasteiger partial charge in [0.05, 0.1) is 5.69 Å². The molecule has 6 nitrogen and oxygen atoms in total. The summed E-state index contributed by atoms with van der Waals surface area (Å²) >= 11 is 2.71. The standard InChI is InChI=1S/C14H20N4O2S2/c19-12(9-18-6-7-21-14(18)20)16-13-15-11(10-22-13)8-17-4-2-1-3-5-17/h10H,1-9H2,(H,15,16,19). The highest BCUT2D eigenvalue weighted by molar-refractivity contribution is 8.13. The molecule has 22 heavy (non-hydrogen) atoms. The number of hydrogen-bond donors (Lipinski definition) is 1. The van der Waals surface area contributed by atoms with E-state index in [4.69, 9.17) is 0 Å². The fraction of sp³-hybridized carbons (Fsp3) is 0.643. The Balaban J connectivity index is 1.48. The highest BCUT2D eigenvalue weighted by Crippen LogP contribution is 2.20. The van der Waals surface area contributed by atoms with Crippen LogP contribution in [0.5, 0.6) is 0 Å². The molecule has 0 aromatic carbocycles. The summed E-state index contributed by atoms with van der Waals surface area (Å²) in [6, 6.07) is 0. The number of piperidine rings is 1. The molecule has 1 N–H and O–H groups in total. The fourth-order valence-corrected chi connectivity index (χ4v) is 4.23. The van der Waals surface area contributed by atoms with Gasteiger partial charge >= 0.3 is 0 Å². The number of aromatic nitrogens is 1. The fourth-order valence-electron chi connectivity index (χ4n) is 2.69. The number of nitrogens with zero attached hydrogens (tertiary/aromatic N) is 3. The van der Waals surface area contributed by atoms with Crippen molar-refractivity contribution < 1.29 is 9.59 Å². The monoisotopic (exact) mass is 340 g/mol. The van der Waals surface area contributed by atoms with Crippen LogP contribution >= 0.6 is 23.1 Å². The number of rotatable bonds is 5. The Labute approximate surface area is 138 Å². The molecule has 2 amide bonds. The SMILES string of the molecule is O=C(CN1CCSC1=O)Nc1nc(CN2CCCCC2)cs1. The number of thioether (sulfide) groups is 1. The van der Waals surface area contributed by atoms with E-state index in [-0.39, 0.29) is 17.7 Å². The highest BCUT2D eigenvalue weighted by Gasteiger charge is 2.23. The van der Waals surface area contributed by atoms with Crippen molar-refractivity contribution in [3.63, 3.8) is 0 Å². The van der Waals surface area contributed by atoms with Gasteiger partial charge in [0.1, 0.15) is 6.54 Å². The lowest BCUT2D eigenvalue weighted by Crippen LogP contribution is -2.33. The molecule has 1 aromatic heterocycles. The van der Waals surface area contributed by atoms with E-state index in [2.05, 4.69) is 15.2 Å². The first-order valence-corrected chi connectivity index (χ1v) is 9.45. The van der Waals surface area contributed by atoms with E-state index in [1.807, 2.05) is 5.38 Å². The third kappa shape index (κ3) is 4.21. The molecular weight excluding hydrogens is 320 g/mol. The lowest BCUT2D eigenvalue weighted by Gasteiger charge is -2.25. The van der Waals surface area contributed by atoms with Gasteiger partial charge < -0.3 is 10.2 Å². The summed E-state index contributed by atoms with van der Waals surface area (Å²) in [6.45, 7) is 3.89. The Kier molecular flexibility index (Phi) is 5.32. The largest absolute Gasteiger partial charge is 0.323 e. The molecular formula is C14H20N4O2S2. The normalized spacial score (nSPS) is 19.6. The molecule has 2 saturated heterocycles. The number of hydrogen-bond acceptors (Lipinski definition) is 6. The molecule has 0 atom stereocenters. The molecule has 0 bridgehead atoms. The lowest BCUT2D eigenvalue weighted by molar-refractivity contribution is -0.116. The van der Waals surface area contributed by atoms with E-state index in [9.17, 15) is 9.59 Å². The lowest BCUT2D eigenvalue weighted by atomic mass is 10.1. The number of likely N-dealkylation sites (tertiary alicyclic amines) is 1. The summed E-state index contributed by atoms with van der Waals surface area (Å²) in [5, 5.41) is 5.40. The molecule has 1 aromatic rings. The molecule has 120 valence electrons. The summed E-state index contributed by atoms with van der Waals surface area (Å²) < 4.78 is 0. The molecule has 0 radical (unpaired) electrons. The van der Waals surface area contributed by atoms with Gasteiger partial charge in [0.25, 0.3) is 5.24 Å². The summed E-state index contributed by atoms with van der Waals surface area (Å²) in [4.78, 5) is 31.9. The average Bonchev–Trinajstić information content (AvgIpc) is 3.10. The van der Waals surface area contributed by atoms with Crippen LogP contribution in [0.3, 0.4) is 0 Å². The van der Waals surface area contributed by atoms with Crippen LogP contribution in [-0.2, 0) is 11.3 Å². The molecule has 8 heteroatoms. The van der Waals surface area contributed by atoms with Crippen LogP contribution in [0.4, 0.5) is 9.93 Å². The van der Waals surface area contributed by atoms with Crippen molar-refractivity contribution in [2.24, 2.45) is 0 Å². The van der Waals surface area contributed by atoms with E-state index < -0.39 is 0 Å². The zero-order chi connectivity index (χ0) is 15.4. The predicted octanol–water partition coefficient (Wildman–Crippen LogP) is 2.24. The molecule has 3 rings (SSSR count). The second-order valence-corrected chi connectivity index (χ2v) is 7.47. The smallest absolute Gasteiger partial charge is 0.282 e. The Hall–Kier alpha value is -1.12. The highest BCUT2D eigenvalue weighted by atomic mass is 32.2. The van der Waals surface area contributed by atoms with Crippen molar-refractivity contribution in [3.8, 4) is 0 Å². The van der Waals surface area contributed by atoms with Gasteiger partial charge in [-0.1, -0.05) is 18.2 Å². The van der Waals surface area contributed by atoms with Crippen molar-refractivity contribution in [2.45, 2.75) is 25.8 Å². The van der Waals surface area contributed by atoms with E-state index in [0.717, 1.165) is 31.1 Å². The molecule has 0 unspecified atom stereocenters. The first kappa shape index (κ1) is 15.8. The van der Waals surface area contributed by atoms with E-state index in [1.165, 1.54) is 42.4 Å². The van der Waals surface area contributed by atoms with Crippen molar-refractivity contribution in [3.05, 3.63) is 11.1 Å². The molecule has 0 saturated carbocycles. The number of carbonyl (C=O) groups excluding carboxylic acids is 2. The quantitative estimate of drug-likeness (QED) is 0.890. The third-order valence-electron chi connectivity index (χ3n) is 3.81. The summed E-state index contributed by atoms with van der Waals surface area (Å²) in [5.41, 5.74) is 1.01. The van der Waals surface area contributed by atoms with Crippen molar-refractivity contribution in [2.75, 3.05) is 37.2 Å². The maximum absolute atomic E-state index is 12.0. The molecule has 2 fully saturated rings. The topological polar surface area (TPSA) is 65.5 Å². The molecule has 0 aliphatic carbocycles. The van der Waals surface area contributed by atoms with Crippen LogP contribution in [0.2, 0.25) is 0 Å². The average molecular weight is 340 g/mol. The van der Waals surface area contributed by atoms with Crippen LogP contribution in [0.15, 0.2) is 5.38 Å².